The molecule has 0 aliphatic heterocycles. The van der Waals surface area contributed by atoms with Gasteiger partial charge >= 0.3 is 0 Å². The zero-order valence-corrected chi connectivity index (χ0v) is 13.3. The Kier molecular flexibility index (Phi) is 5.63. The SMILES string of the molecule is CCCN(Cc1ccc(C#N)cc1)C(=O)c1ccc([N+](=O)[O-])cc1. The molecular weight excluding hydrogens is 306 g/mol. The van der Waals surface area contributed by atoms with Crippen molar-refractivity contribution in [3.63, 3.8) is 0 Å². The minimum Gasteiger partial charge on any atom is -0.334 e. The van der Waals surface area contributed by atoms with Crippen LogP contribution in [0.5, 0.6) is 0 Å². The van der Waals surface area contributed by atoms with Gasteiger partial charge in [-0.05, 0) is 36.2 Å². The maximum atomic E-state index is 12.6. The first-order valence-electron chi connectivity index (χ1n) is 7.58. The Balaban J connectivity index is 2.17. The monoisotopic (exact) mass is 323 g/mol. The Morgan fingerprint density at radius 1 is 1.17 bits per heavy atom. The lowest BCUT2D eigenvalue weighted by Gasteiger charge is -2.22. The van der Waals surface area contributed by atoms with E-state index < -0.39 is 4.92 Å². The molecule has 2 aromatic carbocycles. The van der Waals surface area contributed by atoms with Crippen LogP contribution < -0.4 is 0 Å². The van der Waals surface area contributed by atoms with E-state index in [9.17, 15) is 14.9 Å². The normalized spacial score (nSPS) is 10.0. The first-order chi connectivity index (χ1) is 11.5. The number of nitro benzene ring substituents is 1. The fourth-order valence-electron chi connectivity index (χ4n) is 2.34. The number of rotatable bonds is 6. The summed E-state index contributed by atoms with van der Waals surface area (Å²) in [5, 5.41) is 19.5. The van der Waals surface area contributed by atoms with Crippen LogP contribution in [0, 0.1) is 21.4 Å². The standard InChI is InChI=1S/C18H17N3O3/c1-2-11-20(13-15-5-3-14(12-19)4-6-15)18(22)16-7-9-17(10-8-16)21(23)24/h3-10H,2,11,13H2,1H3. The molecule has 0 fully saturated rings. The van der Waals surface area contributed by atoms with Crippen molar-refractivity contribution in [2.24, 2.45) is 0 Å². The molecule has 0 saturated carbocycles. The van der Waals surface area contributed by atoms with Crippen molar-refractivity contribution in [2.75, 3.05) is 6.54 Å². The highest BCUT2D eigenvalue weighted by molar-refractivity contribution is 5.94. The van der Waals surface area contributed by atoms with E-state index in [1.165, 1.54) is 24.3 Å². The van der Waals surface area contributed by atoms with Crippen molar-refractivity contribution < 1.29 is 9.72 Å². The number of carbonyl (C=O) groups excluding carboxylic acids is 1. The number of nitriles is 1. The molecule has 6 nitrogen and oxygen atoms in total. The maximum Gasteiger partial charge on any atom is 0.269 e. The molecule has 2 rings (SSSR count). The molecule has 0 heterocycles. The van der Waals surface area contributed by atoms with E-state index in [4.69, 9.17) is 5.26 Å². The molecule has 0 aliphatic rings. The molecule has 0 spiro atoms. The van der Waals surface area contributed by atoms with Crippen molar-refractivity contribution in [3.8, 4) is 6.07 Å². The minimum atomic E-state index is -0.491. The van der Waals surface area contributed by atoms with Crippen molar-refractivity contribution >= 4 is 11.6 Å². The number of nitro groups is 1. The van der Waals surface area contributed by atoms with E-state index >= 15 is 0 Å². The number of carbonyl (C=O) groups is 1. The molecule has 1 amide bonds. The highest BCUT2D eigenvalue weighted by Crippen LogP contribution is 2.16. The van der Waals surface area contributed by atoms with E-state index in [0.717, 1.165) is 12.0 Å². The Morgan fingerprint density at radius 3 is 2.29 bits per heavy atom. The molecule has 0 N–H and O–H groups in total. The van der Waals surface area contributed by atoms with Gasteiger partial charge < -0.3 is 4.90 Å². The lowest BCUT2D eigenvalue weighted by Crippen LogP contribution is -2.31. The summed E-state index contributed by atoms with van der Waals surface area (Å²) in [5.41, 5.74) is 1.88. The van der Waals surface area contributed by atoms with E-state index in [1.807, 2.05) is 19.1 Å². The van der Waals surface area contributed by atoms with Gasteiger partial charge in [-0.25, -0.2) is 0 Å². The predicted octanol–water partition coefficient (Wildman–Crippen LogP) is 3.52. The first kappa shape index (κ1) is 17.2. The van der Waals surface area contributed by atoms with Gasteiger partial charge in [0.15, 0.2) is 0 Å². The van der Waals surface area contributed by atoms with Gasteiger partial charge in [0.1, 0.15) is 0 Å². The van der Waals surface area contributed by atoms with Gasteiger partial charge in [0.25, 0.3) is 11.6 Å². The zero-order valence-electron chi connectivity index (χ0n) is 13.3. The largest absolute Gasteiger partial charge is 0.334 e. The molecule has 122 valence electrons. The molecule has 0 unspecified atom stereocenters. The smallest absolute Gasteiger partial charge is 0.269 e. The van der Waals surface area contributed by atoms with E-state index in [-0.39, 0.29) is 11.6 Å². The van der Waals surface area contributed by atoms with Gasteiger partial charge in [-0.15, -0.1) is 0 Å². The summed E-state index contributed by atoms with van der Waals surface area (Å²) in [4.78, 5) is 24.6. The lowest BCUT2D eigenvalue weighted by molar-refractivity contribution is -0.384. The maximum absolute atomic E-state index is 12.6. The summed E-state index contributed by atoms with van der Waals surface area (Å²) in [6.07, 6.45) is 0.801. The number of hydrogen-bond donors (Lipinski definition) is 0. The fraction of sp³-hybridized carbons (Fsp3) is 0.222. The second-order valence-electron chi connectivity index (χ2n) is 5.34. The number of nitrogens with zero attached hydrogens (tertiary/aromatic N) is 3. The predicted molar refractivity (Wildman–Crippen MR) is 89.3 cm³/mol. The van der Waals surface area contributed by atoms with Crippen LogP contribution in [-0.2, 0) is 6.54 Å². The molecule has 0 aliphatic carbocycles. The van der Waals surface area contributed by atoms with Crippen LogP contribution in [0.15, 0.2) is 48.5 Å². The third-order valence-corrected chi connectivity index (χ3v) is 3.56. The van der Waals surface area contributed by atoms with Crippen LogP contribution in [0.25, 0.3) is 0 Å². The lowest BCUT2D eigenvalue weighted by atomic mass is 10.1. The first-order valence-corrected chi connectivity index (χ1v) is 7.58. The zero-order chi connectivity index (χ0) is 17.5. The Morgan fingerprint density at radius 2 is 1.79 bits per heavy atom. The molecule has 0 radical (unpaired) electrons. The third-order valence-electron chi connectivity index (χ3n) is 3.56. The van der Waals surface area contributed by atoms with E-state index in [0.29, 0.717) is 24.2 Å². The molecule has 6 heteroatoms. The number of non-ortho nitro benzene ring substituents is 1. The van der Waals surface area contributed by atoms with Gasteiger partial charge in [0, 0.05) is 30.8 Å². The summed E-state index contributed by atoms with van der Waals surface area (Å²) in [7, 11) is 0. The second kappa shape index (κ2) is 7.88. The van der Waals surface area contributed by atoms with Gasteiger partial charge in [-0.1, -0.05) is 19.1 Å². The highest BCUT2D eigenvalue weighted by Gasteiger charge is 2.16. The van der Waals surface area contributed by atoms with Gasteiger partial charge in [-0.3, -0.25) is 14.9 Å². The van der Waals surface area contributed by atoms with Crippen molar-refractivity contribution in [1.82, 2.24) is 4.90 Å². The molecule has 0 aromatic heterocycles. The molecule has 0 atom stereocenters. The Bertz CT molecular complexity index is 762. The van der Waals surface area contributed by atoms with Crippen LogP contribution in [0.2, 0.25) is 0 Å². The van der Waals surface area contributed by atoms with Crippen molar-refractivity contribution in [2.45, 2.75) is 19.9 Å². The van der Waals surface area contributed by atoms with E-state index in [2.05, 4.69) is 6.07 Å². The summed E-state index contributed by atoms with van der Waals surface area (Å²) < 4.78 is 0. The minimum absolute atomic E-state index is 0.0410. The number of hydrogen-bond acceptors (Lipinski definition) is 4. The summed E-state index contributed by atoms with van der Waals surface area (Å²) in [6, 6.07) is 14.8. The molecule has 0 bridgehead atoms. The van der Waals surface area contributed by atoms with Crippen LogP contribution in [-0.4, -0.2) is 22.3 Å². The topological polar surface area (TPSA) is 87.2 Å². The number of amides is 1. The van der Waals surface area contributed by atoms with Crippen molar-refractivity contribution in [1.29, 1.82) is 5.26 Å². The second-order valence-corrected chi connectivity index (χ2v) is 5.34. The quantitative estimate of drug-likeness (QED) is 0.601. The Hall–Kier alpha value is -3.20. The van der Waals surface area contributed by atoms with Crippen LogP contribution in [0.1, 0.15) is 34.8 Å². The summed E-state index contributed by atoms with van der Waals surface area (Å²) in [5.74, 6) is -0.170. The molecule has 0 saturated heterocycles. The average Bonchev–Trinajstić information content (AvgIpc) is 2.61. The molecule has 24 heavy (non-hydrogen) atoms. The third kappa shape index (κ3) is 4.17. The molecular formula is C18H17N3O3. The summed E-state index contributed by atoms with van der Waals surface area (Å²) in [6.45, 7) is 2.99. The summed E-state index contributed by atoms with van der Waals surface area (Å²) >= 11 is 0. The Labute approximate surface area is 140 Å². The van der Waals surface area contributed by atoms with E-state index in [1.54, 1.807) is 17.0 Å². The molecule has 2 aromatic rings. The van der Waals surface area contributed by atoms with Gasteiger partial charge in [0.05, 0.1) is 16.6 Å². The van der Waals surface area contributed by atoms with Gasteiger partial charge in [-0.2, -0.15) is 5.26 Å². The van der Waals surface area contributed by atoms with Gasteiger partial charge in [0.2, 0.25) is 0 Å². The van der Waals surface area contributed by atoms with Crippen LogP contribution in [0.4, 0.5) is 5.69 Å². The van der Waals surface area contributed by atoms with Crippen molar-refractivity contribution in [3.05, 3.63) is 75.3 Å². The number of benzene rings is 2. The van der Waals surface area contributed by atoms with Crippen LogP contribution >= 0.6 is 0 Å². The van der Waals surface area contributed by atoms with Crippen LogP contribution in [0.3, 0.4) is 0 Å². The fourth-order valence-corrected chi connectivity index (χ4v) is 2.34. The highest BCUT2D eigenvalue weighted by atomic mass is 16.6. The average molecular weight is 323 g/mol.